The molecule has 17 heavy (non-hydrogen) atoms. The average molecular weight is 253 g/mol. The van der Waals surface area contributed by atoms with E-state index < -0.39 is 0 Å². The van der Waals surface area contributed by atoms with Crippen LogP contribution in [-0.4, -0.2) is 24.0 Å². The maximum Gasteiger partial charge on any atom is 0.0453 e. The summed E-state index contributed by atoms with van der Waals surface area (Å²) in [4.78, 5) is 2.31. The highest BCUT2D eigenvalue weighted by atomic mass is 35.5. The molecule has 0 radical (unpaired) electrons. The van der Waals surface area contributed by atoms with E-state index in [0.717, 1.165) is 24.4 Å². The van der Waals surface area contributed by atoms with Crippen LogP contribution in [0.3, 0.4) is 0 Å². The molecule has 0 heterocycles. The molecule has 0 saturated heterocycles. The van der Waals surface area contributed by atoms with Crippen molar-refractivity contribution in [2.75, 3.05) is 13.6 Å². The molecule has 0 spiro atoms. The predicted octanol–water partition coefficient (Wildman–Crippen LogP) is 3.21. The second-order valence-corrected chi connectivity index (χ2v) is 5.74. The van der Waals surface area contributed by atoms with E-state index in [1.165, 1.54) is 12.0 Å². The van der Waals surface area contributed by atoms with Gasteiger partial charge in [0.1, 0.15) is 0 Å². The number of hydrogen-bond donors (Lipinski definition) is 1. The lowest BCUT2D eigenvalue weighted by Crippen LogP contribution is -2.54. The minimum atomic E-state index is 0.0320. The summed E-state index contributed by atoms with van der Waals surface area (Å²) in [7, 11) is 2.13. The Hall–Kier alpha value is -0.570. The minimum absolute atomic E-state index is 0.0320. The molecule has 94 valence electrons. The van der Waals surface area contributed by atoms with Crippen molar-refractivity contribution >= 4 is 11.6 Å². The topological polar surface area (TPSA) is 29.3 Å². The van der Waals surface area contributed by atoms with Crippen LogP contribution in [0.15, 0.2) is 24.3 Å². The number of benzene rings is 1. The van der Waals surface area contributed by atoms with Crippen LogP contribution in [0.2, 0.25) is 5.02 Å². The molecule has 1 fully saturated rings. The van der Waals surface area contributed by atoms with Crippen molar-refractivity contribution < 1.29 is 0 Å². The number of nitrogens with zero attached hydrogens (tertiary/aromatic N) is 1. The van der Waals surface area contributed by atoms with Crippen LogP contribution in [0.4, 0.5) is 0 Å². The van der Waals surface area contributed by atoms with Gasteiger partial charge in [0, 0.05) is 23.1 Å². The normalized spacial score (nSPS) is 20.1. The van der Waals surface area contributed by atoms with Gasteiger partial charge < -0.3 is 5.73 Å². The lowest BCUT2D eigenvalue weighted by Gasteiger charge is -2.42. The molecule has 2 N–H and O–H groups in total. The third kappa shape index (κ3) is 2.82. The molecule has 0 aromatic heterocycles. The fourth-order valence-corrected chi connectivity index (χ4v) is 2.77. The summed E-state index contributed by atoms with van der Waals surface area (Å²) in [5.74, 6) is 0. The van der Waals surface area contributed by atoms with Crippen molar-refractivity contribution in [3.8, 4) is 0 Å². The fraction of sp³-hybridized carbons (Fsp3) is 0.571. The second-order valence-electron chi connectivity index (χ2n) is 5.33. The van der Waals surface area contributed by atoms with E-state index >= 15 is 0 Å². The molecule has 0 aliphatic heterocycles. The Morgan fingerprint density at radius 1 is 1.41 bits per heavy atom. The summed E-state index contributed by atoms with van der Waals surface area (Å²) in [6.45, 7) is 3.13. The molecule has 3 heteroatoms. The van der Waals surface area contributed by atoms with Gasteiger partial charge in [0.25, 0.3) is 0 Å². The quantitative estimate of drug-likeness (QED) is 0.892. The van der Waals surface area contributed by atoms with Crippen LogP contribution in [0, 0.1) is 0 Å². The van der Waals surface area contributed by atoms with Crippen LogP contribution < -0.4 is 5.73 Å². The van der Waals surface area contributed by atoms with Crippen molar-refractivity contribution in [3.63, 3.8) is 0 Å². The van der Waals surface area contributed by atoms with Gasteiger partial charge in [-0.15, -0.1) is 0 Å². The van der Waals surface area contributed by atoms with Crippen molar-refractivity contribution in [2.24, 2.45) is 5.73 Å². The van der Waals surface area contributed by atoms with Crippen molar-refractivity contribution in [3.05, 3.63) is 34.9 Å². The van der Waals surface area contributed by atoms with E-state index in [2.05, 4.69) is 24.9 Å². The van der Waals surface area contributed by atoms with Crippen LogP contribution in [-0.2, 0) is 0 Å². The molecular formula is C14H21ClN2. The lowest BCUT2D eigenvalue weighted by molar-refractivity contribution is 0.138. The Kier molecular flexibility index (Phi) is 3.76. The van der Waals surface area contributed by atoms with Crippen molar-refractivity contribution in [1.82, 2.24) is 4.90 Å². The Morgan fingerprint density at radius 2 is 2.06 bits per heavy atom. The van der Waals surface area contributed by atoms with Crippen LogP contribution >= 0.6 is 11.6 Å². The number of likely N-dealkylation sites (N-methyl/N-ethyl adjacent to an activating group) is 1. The highest BCUT2D eigenvalue weighted by molar-refractivity contribution is 6.31. The smallest absolute Gasteiger partial charge is 0.0453 e. The van der Waals surface area contributed by atoms with E-state index in [1.54, 1.807) is 0 Å². The highest BCUT2D eigenvalue weighted by Crippen LogP contribution is 2.33. The van der Waals surface area contributed by atoms with Gasteiger partial charge in [-0.25, -0.2) is 0 Å². The first-order valence-electron chi connectivity index (χ1n) is 6.25. The monoisotopic (exact) mass is 252 g/mol. The third-order valence-electron chi connectivity index (χ3n) is 3.93. The number of hydrogen-bond acceptors (Lipinski definition) is 2. The van der Waals surface area contributed by atoms with Crippen LogP contribution in [0.5, 0.6) is 0 Å². The van der Waals surface area contributed by atoms with E-state index in [9.17, 15) is 0 Å². The number of nitrogens with two attached hydrogens (primary N) is 1. The molecule has 2 rings (SSSR count). The largest absolute Gasteiger partial charge is 0.324 e. The lowest BCUT2D eigenvalue weighted by atomic mass is 9.77. The minimum Gasteiger partial charge on any atom is -0.324 e. The second kappa shape index (κ2) is 4.97. The van der Waals surface area contributed by atoms with Gasteiger partial charge >= 0.3 is 0 Å². The summed E-state index contributed by atoms with van der Waals surface area (Å²) >= 11 is 6.22. The molecule has 1 aliphatic carbocycles. The Morgan fingerprint density at radius 3 is 2.59 bits per heavy atom. The van der Waals surface area contributed by atoms with Gasteiger partial charge in [-0.1, -0.05) is 29.8 Å². The summed E-state index contributed by atoms with van der Waals surface area (Å²) in [5, 5.41) is 0.839. The molecule has 1 saturated carbocycles. The highest BCUT2D eigenvalue weighted by Gasteiger charge is 2.34. The van der Waals surface area contributed by atoms with Gasteiger partial charge in [0.2, 0.25) is 0 Å². The molecule has 2 nitrogen and oxygen atoms in total. The molecule has 1 aromatic rings. The molecule has 1 unspecified atom stereocenters. The van der Waals surface area contributed by atoms with Gasteiger partial charge in [-0.2, -0.15) is 0 Å². The zero-order valence-corrected chi connectivity index (χ0v) is 11.4. The van der Waals surface area contributed by atoms with Gasteiger partial charge in [-0.05, 0) is 44.9 Å². The Labute approximate surface area is 109 Å². The van der Waals surface area contributed by atoms with Gasteiger partial charge in [-0.3, -0.25) is 4.90 Å². The summed E-state index contributed by atoms with van der Waals surface area (Å²) < 4.78 is 0. The van der Waals surface area contributed by atoms with Crippen LogP contribution in [0.25, 0.3) is 0 Å². The average Bonchev–Trinajstić information content (AvgIpc) is 2.26. The van der Waals surface area contributed by atoms with E-state index in [4.69, 9.17) is 17.3 Å². The zero-order chi connectivity index (χ0) is 12.5. The Balaban J connectivity index is 2.04. The van der Waals surface area contributed by atoms with E-state index in [1.807, 2.05) is 18.2 Å². The first-order valence-corrected chi connectivity index (χ1v) is 6.63. The predicted molar refractivity (Wildman–Crippen MR) is 73.3 cm³/mol. The number of halogens is 1. The molecule has 1 aromatic carbocycles. The molecule has 0 amide bonds. The molecule has 1 aliphatic rings. The SMILES string of the molecule is CC(c1ccccc1Cl)N(C)CC1(N)CCC1. The third-order valence-corrected chi connectivity index (χ3v) is 4.27. The van der Waals surface area contributed by atoms with Crippen molar-refractivity contribution in [2.45, 2.75) is 37.8 Å². The fourth-order valence-electron chi connectivity index (χ4n) is 2.47. The Bertz CT molecular complexity index is 388. The summed E-state index contributed by atoms with van der Waals surface area (Å²) in [6, 6.07) is 8.35. The van der Waals surface area contributed by atoms with Gasteiger partial charge in [0.15, 0.2) is 0 Å². The summed E-state index contributed by atoms with van der Waals surface area (Å²) in [6.07, 6.45) is 3.56. The van der Waals surface area contributed by atoms with Crippen molar-refractivity contribution in [1.29, 1.82) is 0 Å². The standard InChI is InChI=1S/C14H21ClN2/c1-11(12-6-3-4-7-13(12)15)17(2)10-14(16)8-5-9-14/h3-4,6-7,11H,5,8-10,16H2,1-2H3. The molecule has 0 bridgehead atoms. The first-order chi connectivity index (χ1) is 8.02. The molecular weight excluding hydrogens is 232 g/mol. The summed E-state index contributed by atoms with van der Waals surface area (Å²) in [5.41, 5.74) is 7.50. The van der Waals surface area contributed by atoms with Gasteiger partial charge in [0.05, 0.1) is 0 Å². The van der Waals surface area contributed by atoms with E-state index in [-0.39, 0.29) is 5.54 Å². The van der Waals surface area contributed by atoms with Crippen LogP contribution in [0.1, 0.15) is 37.8 Å². The maximum absolute atomic E-state index is 6.28. The first kappa shape index (κ1) is 12.9. The zero-order valence-electron chi connectivity index (χ0n) is 10.6. The van der Waals surface area contributed by atoms with E-state index in [0.29, 0.717) is 6.04 Å². The molecule has 1 atom stereocenters. The maximum atomic E-state index is 6.28. The number of rotatable bonds is 4.